The fourth-order valence-electron chi connectivity index (χ4n) is 1.22. The number of aromatic nitrogens is 2. The fourth-order valence-corrected chi connectivity index (χ4v) is 1.40. The smallest absolute Gasteiger partial charge is 0.196 e. The van der Waals surface area contributed by atoms with E-state index in [1.807, 2.05) is 0 Å². The first kappa shape index (κ1) is 10.7. The molecule has 0 fully saturated rings. The molecule has 2 aromatic rings. The van der Waals surface area contributed by atoms with E-state index in [2.05, 4.69) is 9.97 Å². The van der Waals surface area contributed by atoms with E-state index in [4.69, 9.17) is 11.6 Å². The Balaban J connectivity index is 2.39. The summed E-state index contributed by atoms with van der Waals surface area (Å²) >= 11 is 5.59. The lowest BCUT2D eigenvalue weighted by atomic mass is 10.1. The van der Waals surface area contributed by atoms with Crippen LogP contribution >= 0.6 is 11.6 Å². The molecule has 0 spiro atoms. The van der Waals surface area contributed by atoms with Crippen molar-refractivity contribution in [3.8, 4) is 0 Å². The average Bonchev–Trinajstić information content (AvgIpc) is 2.33. The van der Waals surface area contributed by atoms with Crippen molar-refractivity contribution >= 4 is 17.4 Å². The van der Waals surface area contributed by atoms with E-state index in [0.717, 1.165) is 6.07 Å². The molecule has 0 saturated heterocycles. The number of nitrogens with zero attached hydrogens (tertiary/aromatic N) is 2. The zero-order chi connectivity index (χ0) is 11.5. The molecule has 0 bridgehead atoms. The summed E-state index contributed by atoms with van der Waals surface area (Å²) in [4.78, 5) is 19.3. The van der Waals surface area contributed by atoms with Gasteiger partial charge in [-0.15, -0.1) is 0 Å². The van der Waals surface area contributed by atoms with E-state index in [1.54, 1.807) is 0 Å². The third kappa shape index (κ3) is 2.06. The van der Waals surface area contributed by atoms with Gasteiger partial charge in [-0.3, -0.25) is 4.79 Å². The van der Waals surface area contributed by atoms with Crippen molar-refractivity contribution in [2.75, 3.05) is 0 Å². The Morgan fingerprint density at radius 2 is 1.88 bits per heavy atom. The summed E-state index contributed by atoms with van der Waals surface area (Å²) in [5.74, 6) is -0.843. The van der Waals surface area contributed by atoms with Gasteiger partial charge in [-0.2, -0.15) is 0 Å². The molecule has 0 amide bonds. The van der Waals surface area contributed by atoms with Gasteiger partial charge in [-0.05, 0) is 18.2 Å². The van der Waals surface area contributed by atoms with E-state index in [-0.39, 0.29) is 10.8 Å². The van der Waals surface area contributed by atoms with Gasteiger partial charge in [0.1, 0.15) is 12.1 Å². The van der Waals surface area contributed by atoms with Gasteiger partial charge < -0.3 is 0 Å². The maximum absolute atomic E-state index is 12.9. The Hall–Kier alpha value is -1.81. The monoisotopic (exact) mass is 236 g/mol. The molecule has 0 radical (unpaired) electrons. The number of benzene rings is 1. The van der Waals surface area contributed by atoms with Crippen LogP contribution in [0.4, 0.5) is 4.39 Å². The standard InChI is InChI=1S/C11H6ClFN2O/c12-9-3-7(1-2-10(9)13)11(16)8-4-14-6-15-5-8/h1-6H. The predicted molar refractivity (Wildman–Crippen MR) is 56.9 cm³/mol. The highest BCUT2D eigenvalue weighted by Crippen LogP contribution is 2.17. The minimum absolute atomic E-state index is 0.0808. The summed E-state index contributed by atoms with van der Waals surface area (Å²) in [5.41, 5.74) is 0.645. The van der Waals surface area contributed by atoms with Crippen LogP contribution < -0.4 is 0 Å². The quantitative estimate of drug-likeness (QED) is 0.753. The number of ketones is 1. The molecule has 1 aromatic heterocycles. The highest BCUT2D eigenvalue weighted by molar-refractivity contribution is 6.31. The number of rotatable bonds is 2. The van der Waals surface area contributed by atoms with Crippen molar-refractivity contribution < 1.29 is 9.18 Å². The molecule has 0 saturated carbocycles. The Labute approximate surface area is 95.9 Å². The zero-order valence-electron chi connectivity index (χ0n) is 8.02. The largest absolute Gasteiger partial charge is 0.288 e. The SMILES string of the molecule is O=C(c1cncnc1)c1ccc(F)c(Cl)c1. The number of carbonyl (C=O) groups is 1. The molecule has 5 heteroatoms. The van der Waals surface area contributed by atoms with E-state index in [1.165, 1.54) is 30.9 Å². The van der Waals surface area contributed by atoms with Gasteiger partial charge in [0, 0.05) is 18.0 Å². The van der Waals surface area contributed by atoms with Crippen LogP contribution in [0.5, 0.6) is 0 Å². The van der Waals surface area contributed by atoms with Gasteiger partial charge in [0.15, 0.2) is 5.78 Å². The molecule has 1 aromatic carbocycles. The van der Waals surface area contributed by atoms with E-state index >= 15 is 0 Å². The van der Waals surface area contributed by atoms with Crippen LogP contribution in [0.25, 0.3) is 0 Å². The van der Waals surface area contributed by atoms with Crippen LogP contribution in [0.15, 0.2) is 36.9 Å². The Morgan fingerprint density at radius 3 is 2.50 bits per heavy atom. The first-order valence-corrected chi connectivity index (χ1v) is 4.81. The second kappa shape index (κ2) is 4.37. The van der Waals surface area contributed by atoms with Gasteiger partial charge >= 0.3 is 0 Å². The fraction of sp³-hybridized carbons (Fsp3) is 0. The van der Waals surface area contributed by atoms with Gasteiger partial charge in [-0.1, -0.05) is 11.6 Å². The van der Waals surface area contributed by atoms with Gasteiger partial charge in [0.25, 0.3) is 0 Å². The molecule has 0 atom stereocenters. The first-order valence-electron chi connectivity index (χ1n) is 4.43. The molecule has 2 rings (SSSR count). The molecule has 0 aliphatic heterocycles. The predicted octanol–water partition coefficient (Wildman–Crippen LogP) is 2.50. The lowest BCUT2D eigenvalue weighted by Gasteiger charge is -2.01. The van der Waals surface area contributed by atoms with Crippen molar-refractivity contribution in [1.29, 1.82) is 0 Å². The Bertz CT molecular complexity index is 531. The van der Waals surface area contributed by atoms with E-state index < -0.39 is 5.82 Å². The average molecular weight is 237 g/mol. The summed E-state index contributed by atoms with van der Waals surface area (Å²) in [6.07, 6.45) is 4.12. The van der Waals surface area contributed by atoms with Crippen molar-refractivity contribution in [3.05, 3.63) is 58.9 Å². The highest BCUT2D eigenvalue weighted by Gasteiger charge is 2.11. The third-order valence-corrected chi connectivity index (χ3v) is 2.29. The van der Waals surface area contributed by atoms with Crippen LogP contribution in [0.1, 0.15) is 15.9 Å². The Kier molecular flexibility index (Phi) is 2.92. The molecule has 16 heavy (non-hydrogen) atoms. The second-order valence-corrected chi connectivity index (χ2v) is 3.49. The van der Waals surface area contributed by atoms with Crippen molar-refractivity contribution in [1.82, 2.24) is 9.97 Å². The van der Waals surface area contributed by atoms with Crippen molar-refractivity contribution in [2.24, 2.45) is 0 Å². The van der Waals surface area contributed by atoms with Crippen LogP contribution in [0.2, 0.25) is 5.02 Å². The molecule has 0 aliphatic carbocycles. The molecule has 3 nitrogen and oxygen atoms in total. The normalized spacial score (nSPS) is 10.1. The summed E-state index contributed by atoms with van der Waals surface area (Å²) < 4.78 is 12.9. The summed E-state index contributed by atoms with van der Waals surface area (Å²) in [6.45, 7) is 0. The van der Waals surface area contributed by atoms with Crippen molar-refractivity contribution in [2.45, 2.75) is 0 Å². The first-order chi connectivity index (χ1) is 7.68. The highest BCUT2D eigenvalue weighted by atomic mass is 35.5. The molecule has 80 valence electrons. The zero-order valence-corrected chi connectivity index (χ0v) is 8.78. The number of hydrogen-bond donors (Lipinski definition) is 0. The van der Waals surface area contributed by atoms with Crippen LogP contribution in [-0.4, -0.2) is 15.8 Å². The van der Waals surface area contributed by atoms with Crippen molar-refractivity contribution in [3.63, 3.8) is 0 Å². The molecular weight excluding hydrogens is 231 g/mol. The minimum atomic E-state index is -0.553. The second-order valence-electron chi connectivity index (χ2n) is 3.09. The van der Waals surface area contributed by atoms with Crippen LogP contribution in [0, 0.1) is 5.82 Å². The molecule has 0 aliphatic rings. The van der Waals surface area contributed by atoms with Gasteiger partial charge in [-0.25, -0.2) is 14.4 Å². The van der Waals surface area contributed by atoms with Crippen LogP contribution in [-0.2, 0) is 0 Å². The van der Waals surface area contributed by atoms with E-state index in [9.17, 15) is 9.18 Å². The molecule has 0 unspecified atom stereocenters. The number of halogens is 2. The summed E-state index contributed by atoms with van der Waals surface area (Å²) in [7, 11) is 0. The minimum Gasteiger partial charge on any atom is -0.288 e. The lowest BCUT2D eigenvalue weighted by molar-refractivity contribution is 0.103. The summed E-state index contributed by atoms with van der Waals surface area (Å²) in [5, 5.41) is -0.0808. The van der Waals surface area contributed by atoms with E-state index in [0.29, 0.717) is 11.1 Å². The molecular formula is C11H6ClFN2O. The van der Waals surface area contributed by atoms with Gasteiger partial charge in [0.05, 0.1) is 10.6 Å². The van der Waals surface area contributed by atoms with Crippen LogP contribution in [0.3, 0.4) is 0 Å². The number of hydrogen-bond acceptors (Lipinski definition) is 3. The summed E-state index contributed by atoms with van der Waals surface area (Å²) in [6, 6.07) is 3.81. The Morgan fingerprint density at radius 1 is 1.19 bits per heavy atom. The molecule has 0 N–H and O–H groups in total. The van der Waals surface area contributed by atoms with Gasteiger partial charge in [0.2, 0.25) is 0 Å². The number of carbonyl (C=O) groups excluding carboxylic acids is 1. The topological polar surface area (TPSA) is 42.9 Å². The lowest BCUT2D eigenvalue weighted by Crippen LogP contribution is -2.02. The maximum atomic E-state index is 12.9. The maximum Gasteiger partial charge on any atom is 0.196 e. The molecule has 1 heterocycles. The third-order valence-electron chi connectivity index (χ3n) is 2.00.